The molecule has 1 aliphatic rings. The van der Waals surface area contributed by atoms with E-state index in [2.05, 4.69) is 18.8 Å². The number of aromatic nitrogens is 1. The number of amides is 1. The second-order valence-electron chi connectivity index (χ2n) is 9.74. The number of Topliss-reactive ketones (excluding diaryl/α,β-unsaturated/α-hetero) is 1. The Morgan fingerprint density at radius 3 is 2.57 bits per heavy atom. The standard InChI is InChI=1S/C29H34N2O4/c1-6-7-14-31-26(24-19(5)30-22-11-9-8-10-21(22)24)25(28(33)29(31)34)27(32)20-12-13-23(18(4)15-20)35-16-17(2)3/h8-13,15,17,26,30,32H,6-7,14,16H2,1-5H3/b27-25+. The van der Waals surface area contributed by atoms with Gasteiger partial charge in [0.05, 0.1) is 18.2 Å². The van der Waals surface area contributed by atoms with Gasteiger partial charge in [-0.2, -0.15) is 0 Å². The smallest absolute Gasteiger partial charge is 0.295 e. The van der Waals surface area contributed by atoms with Crippen molar-refractivity contribution in [1.29, 1.82) is 0 Å². The maximum atomic E-state index is 13.3. The van der Waals surface area contributed by atoms with Crippen molar-refractivity contribution in [3.63, 3.8) is 0 Å². The van der Waals surface area contributed by atoms with Gasteiger partial charge in [-0.3, -0.25) is 9.59 Å². The van der Waals surface area contributed by atoms with Crippen LogP contribution >= 0.6 is 0 Å². The number of H-pyrrole nitrogens is 1. The van der Waals surface area contributed by atoms with Crippen molar-refractivity contribution in [2.24, 2.45) is 5.92 Å². The van der Waals surface area contributed by atoms with E-state index in [0.29, 0.717) is 24.6 Å². The summed E-state index contributed by atoms with van der Waals surface area (Å²) in [6.45, 7) is 11.1. The van der Waals surface area contributed by atoms with E-state index < -0.39 is 17.7 Å². The monoisotopic (exact) mass is 474 g/mol. The molecule has 0 aliphatic carbocycles. The summed E-state index contributed by atoms with van der Waals surface area (Å²) in [5.41, 5.74) is 4.15. The summed E-state index contributed by atoms with van der Waals surface area (Å²) in [4.78, 5) is 31.5. The Balaban J connectivity index is 1.86. The van der Waals surface area contributed by atoms with Gasteiger partial charge in [0.25, 0.3) is 11.7 Å². The topological polar surface area (TPSA) is 82.6 Å². The van der Waals surface area contributed by atoms with Gasteiger partial charge in [0.1, 0.15) is 11.5 Å². The predicted molar refractivity (Wildman–Crippen MR) is 138 cm³/mol. The minimum Gasteiger partial charge on any atom is -0.507 e. The molecule has 1 atom stereocenters. The fourth-order valence-corrected chi connectivity index (χ4v) is 4.76. The third kappa shape index (κ3) is 4.57. The van der Waals surface area contributed by atoms with E-state index in [1.807, 2.05) is 57.2 Å². The molecule has 1 unspecified atom stereocenters. The third-order valence-electron chi connectivity index (χ3n) is 6.53. The fourth-order valence-electron chi connectivity index (χ4n) is 4.76. The lowest BCUT2D eigenvalue weighted by molar-refractivity contribution is -0.139. The molecule has 1 fully saturated rings. The molecule has 3 aromatic rings. The Labute approximate surface area is 206 Å². The van der Waals surface area contributed by atoms with Crippen LogP contribution in [0.5, 0.6) is 5.75 Å². The summed E-state index contributed by atoms with van der Waals surface area (Å²) >= 11 is 0. The number of para-hydroxylation sites is 1. The number of unbranched alkanes of at least 4 members (excludes halogenated alkanes) is 1. The zero-order valence-corrected chi connectivity index (χ0v) is 21.1. The zero-order valence-electron chi connectivity index (χ0n) is 21.1. The molecule has 1 aromatic heterocycles. The second-order valence-corrected chi connectivity index (χ2v) is 9.74. The predicted octanol–water partition coefficient (Wildman–Crippen LogP) is 6.04. The van der Waals surface area contributed by atoms with Crippen LogP contribution in [0.15, 0.2) is 48.0 Å². The van der Waals surface area contributed by atoms with Crippen molar-refractivity contribution in [2.45, 2.75) is 53.5 Å². The first kappa shape index (κ1) is 24.6. The number of nitrogens with zero attached hydrogens (tertiary/aromatic N) is 1. The number of fused-ring (bicyclic) bond motifs is 1. The number of hydrogen-bond acceptors (Lipinski definition) is 4. The summed E-state index contributed by atoms with van der Waals surface area (Å²) in [5, 5.41) is 12.4. The Hall–Kier alpha value is -3.54. The van der Waals surface area contributed by atoms with E-state index in [-0.39, 0.29) is 11.3 Å². The first-order chi connectivity index (χ1) is 16.7. The number of benzene rings is 2. The van der Waals surface area contributed by atoms with Gasteiger partial charge in [0, 0.05) is 34.3 Å². The van der Waals surface area contributed by atoms with Crippen molar-refractivity contribution >= 4 is 28.4 Å². The van der Waals surface area contributed by atoms with Crippen molar-refractivity contribution in [1.82, 2.24) is 9.88 Å². The molecule has 2 N–H and O–H groups in total. The number of ketones is 1. The number of nitrogens with one attached hydrogen (secondary N) is 1. The maximum Gasteiger partial charge on any atom is 0.295 e. The third-order valence-corrected chi connectivity index (χ3v) is 6.53. The normalized spacial score (nSPS) is 17.7. The molecule has 6 nitrogen and oxygen atoms in total. The first-order valence-corrected chi connectivity index (χ1v) is 12.3. The minimum absolute atomic E-state index is 0.134. The molecular formula is C29H34N2O4. The number of rotatable bonds is 8. The van der Waals surface area contributed by atoms with E-state index in [9.17, 15) is 14.7 Å². The van der Waals surface area contributed by atoms with Gasteiger partial charge in [-0.1, -0.05) is 45.4 Å². The number of aliphatic hydroxyl groups excluding tert-OH is 1. The highest BCUT2D eigenvalue weighted by Gasteiger charge is 2.47. The molecule has 0 radical (unpaired) electrons. The van der Waals surface area contributed by atoms with Crippen molar-refractivity contribution in [3.05, 3.63) is 70.4 Å². The van der Waals surface area contributed by atoms with Crippen LogP contribution in [0.3, 0.4) is 0 Å². The molecule has 2 aromatic carbocycles. The van der Waals surface area contributed by atoms with Gasteiger partial charge >= 0.3 is 0 Å². The highest BCUT2D eigenvalue weighted by Crippen LogP contribution is 2.43. The Kier molecular flexibility index (Phi) is 7.01. The van der Waals surface area contributed by atoms with Crippen LogP contribution in [0, 0.1) is 19.8 Å². The van der Waals surface area contributed by atoms with Crippen LogP contribution in [-0.4, -0.2) is 39.8 Å². The van der Waals surface area contributed by atoms with Gasteiger partial charge in [0.2, 0.25) is 0 Å². The molecular weight excluding hydrogens is 440 g/mol. The van der Waals surface area contributed by atoms with E-state index in [1.54, 1.807) is 11.0 Å². The molecule has 4 rings (SSSR count). The average molecular weight is 475 g/mol. The number of carbonyl (C=O) groups is 2. The van der Waals surface area contributed by atoms with Crippen LogP contribution in [-0.2, 0) is 9.59 Å². The molecule has 184 valence electrons. The molecule has 0 bridgehead atoms. The lowest BCUT2D eigenvalue weighted by Crippen LogP contribution is -2.30. The quantitative estimate of drug-likeness (QED) is 0.237. The summed E-state index contributed by atoms with van der Waals surface area (Å²) in [7, 11) is 0. The SMILES string of the molecule is CCCCN1C(=O)C(=O)/C(=C(/O)c2ccc(OCC(C)C)c(C)c2)C1c1c(C)[nH]c2ccccc12. The molecule has 1 amide bonds. The van der Waals surface area contributed by atoms with Gasteiger partial charge in [-0.15, -0.1) is 0 Å². The maximum absolute atomic E-state index is 13.3. The molecule has 1 saturated heterocycles. The number of ether oxygens (including phenoxy) is 1. The Bertz CT molecular complexity index is 1300. The summed E-state index contributed by atoms with van der Waals surface area (Å²) in [5.74, 6) is -0.242. The number of carbonyl (C=O) groups excluding carboxylic acids is 2. The highest BCUT2D eigenvalue weighted by molar-refractivity contribution is 6.46. The van der Waals surface area contributed by atoms with Gasteiger partial charge in [-0.05, 0) is 56.0 Å². The second kappa shape index (κ2) is 9.98. The van der Waals surface area contributed by atoms with Crippen LogP contribution < -0.4 is 4.74 Å². The molecule has 2 heterocycles. The first-order valence-electron chi connectivity index (χ1n) is 12.3. The number of aliphatic hydroxyl groups is 1. The molecule has 1 aliphatic heterocycles. The van der Waals surface area contributed by atoms with Gasteiger partial charge < -0.3 is 19.7 Å². The number of aromatic amines is 1. The lowest BCUT2D eigenvalue weighted by atomic mass is 9.93. The van der Waals surface area contributed by atoms with E-state index >= 15 is 0 Å². The lowest BCUT2D eigenvalue weighted by Gasteiger charge is -2.25. The largest absolute Gasteiger partial charge is 0.507 e. The summed E-state index contributed by atoms with van der Waals surface area (Å²) < 4.78 is 5.87. The molecule has 35 heavy (non-hydrogen) atoms. The van der Waals surface area contributed by atoms with Crippen LogP contribution in [0.1, 0.15) is 62.0 Å². The van der Waals surface area contributed by atoms with E-state index in [0.717, 1.165) is 46.3 Å². The summed E-state index contributed by atoms with van der Waals surface area (Å²) in [6, 6.07) is 12.6. The van der Waals surface area contributed by atoms with Crippen LogP contribution in [0.4, 0.5) is 0 Å². The van der Waals surface area contributed by atoms with Crippen LogP contribution in [0.2, 0.25) is 0 Å². The Morgan fingerprint density at radius 2 is 1.89 bits per heavy atom. The van der Waals surface area contributed by atoms with Crippen LogP contribution in [0.25, 0.3) is 16.7 Å². The summed E-state index contributed by atoms with van der Waals surface area (Å²) in [6.07, 6.45) is 1.66. The molecule has 0 spiro atoms. The van der Waals surface area contributed by atoms with E-state index in [1.165, 1.54) is 0 Å². The fraction of sp³-hybridized carbons (Fsp3) is 0.379. The number of hydrogen-bond donors (Lipinski definition) is 2. The molecule has 6 heteroatoms. The highest BCUT2D eigenvalue weighted by atomic mass is 16.5. The van der Waals surface area contributed by atoms with Crippen molar-refractivity contribution in [3.8, 4) is 5.75 Å². The van der Waals surface area contributed by atoms with Crippen molar-refractivity contribution in [2.75, 3.05) is 13.2 Å². The molecule has 0 saturated carbocycles. The Morgan fingerprint density at radius 1 is 1.14 bits per heavy atom. The number of aryl methyl sites for hydroxylation is 2. The van der Waals surface area contributed by atoms with Gasteiger partial charge in [-0.25, -0.2) is 0 Å². The van der Waals surface area contributed by atoms with Crippen molar-refractivity contribution < 1.29 is 19.4 Å². The van der Waals surface area contributed by atoms with Gasteiger partial charge in [0.15, 0.2) is 0 Å². The number of likely N-dealkylation sites (tertiary alicyclic amines) is 1. The minimum atomic E-state index is -0.658. The van der Waals surface area contributed by atoms with E-state index in [4.69, 9.17) is 4.74 Å². The zero-order chi connectivity index (χ0) is 25.3. The average Bonchev–Trinajstić information content (AvgIpc) is 3.28.